The Morgan fingerprint density at radius 1 is 1.28 bits per heavy atom. The second-order valence-corrected chi connectivity index (χ2v) is 4.59. The summed E-state index contributed by atoms with van der Waals surface area (Å²) < 4.78 is 11.1. The Balaban J connectivity index is 2.30. The zero-order chi connectivity index (χ0) is 13.0. The lowest BCUT2D eigenvalue weighted by molar-refractivity contribution is 0.294. The van der Waals surface area contributed by atoms with E-state index >= 15 is 0 Å². The Bertz CT molecular complexity index is 440. The van der Waals surface area contributed by atoms with Crippen LogP contribution in [-0.4, -0.2) is 26.0 Å². The first kappa shape index (κ1) is 12.9. The largest absolute Gasteiger partial charge is 0.493 e. The highest BCUT2D eigenvalue weighted by Crippen LogP contribution is 2.32. The van der Waals surface area contributed by atoms with E-state index < -0.39 is 0 Å². The van der Waals surface area contributed by atoms with E-state index in [0.29, 0.717) is 6.04 Å². The summed E-state index contributed by atoms with van der Waals surface area (Å²) in [6.07, 6.45) is 5.03. The minimum Gasteiger partial charge on any atom is -0.493 e. The van der Waals surface area contributed by atoms with Crippen LogP contribution in [-0.2, 0) is 6.42 Å². The predicted molar refractivity (Wildman–Crippen MR) is 74.2 cm³/mol. The van der Waals surface area contributed by atoms with E-state index in [1.807, 2.05) is 12.3 Å². The summed E-state index contributed by atoms with van der Waals surface area (Å²) in [5, 5.41) is 0. The Kier molecular flexibility index (Phi) is 4.24. The standard InChI is InChI=1S/C15H21NO2/c1-4-6-18-15-8-11-7-13(5-2)16-10-12(11)9-14(15)17-3/h8-10,13H,4-7H2,1-3H3/t13-/m0/s1. The molecule has 0 aliphatic carbocycles. The molecule has 2 rings (SSSR count). The molecule has 18 heavy (non-hydrogen) atoms. The third-order valence-corrected chi connectivity index (χ3v) is 3.24. The fourth-order valence-corrected chi connectivity index (χ4v) is 2.14. The van der Waals surface area contributed by atoms with Gasteiger partial charge in [-0.25, -0.2) is 0 Å². The molecule has 98 valence electrons. The smallest absolute Gasteiger partial charge is 0.161 e. The zero-order valence-electron chi connectivity index (χ0n) is 11.4. The monoisotopic (exact) mass is 247 g/mol. The number of rotatable bonds is 5. The number of methoxy groups -OCH3 is 1. The second kappa shape index (κ2) is 5.89. The van der Waals surface area contributed by atoms with Gasteiger partial charge >= 0.3 is 0 Å². The normalized spacial score (nSPS) is 17.4. The van der Waals surface area contributed by atoms with Crippen molar-refractivity contribution in [3.8, 4) is 11.5 Å². The van der Waals surface area contributed by atoms with Crippen LogP contribution in [0.1, 0.15) is 37.8 Å². The van der Waals surface area contributed by atoms with E-state index in [0.717, 1.165) is 42.9 Å². The minimum atomic E-state index is 0.407. The van der Waals surface area contributed by atoms with Gasteiger partial charge in [0.1, 0.15) is 0 Å². The molecule has 0 bridgehead atoms. The number of hydrogen-bond acceptors (Lipinski definition) is 3. The topological polar surface area (TPSA) is 30.8 Å². The highest BCUT2D eigenvalue weighted by atomic mass is 16.5. The van der Waals surface area contributed by atoms with Crippen molar-refractivity contribution in [2.75, 3.05) is 13.7 Å². The number of hydrogen-bond donors (Lipinski definition) is 0. The van der Waals surface area contributed by atoms with Crippen LogP contribution in [0.5, 0.6) is 11.5 Å². The number of nitrogens with zero attached hydrogens (tertiary/aromatic N) is 1. The van der Waals surface area contributed by atoms with Crippen LogP contribution in [0.3, 0.4) is 0 Å². The molecule has 1 heterocycles. The number of ether oxygens (including phenoxy) is 2. The van der Waals surface area contributed by atoms with Crippen molar-refractivity contribution >= 4 is 6.21 Å². The van der Waals surface area contributed by atoms with Crippen molar-refractivity contribution in [1.82, 2.24) is 0 Å². The molecule has 1 aliphatic heterocycles. The van der Waals surface area contributed by atoms with E-state index in [1.54, 1.807) is 7.11 Å². The highest BCUT2D eigenvalue weighted by Gasteiger charge is 2.17. The quantitative estimate of drug-likeness (QED) is 0.799. The summed E-state index contributed by atoms with van der Waals surface area (Å²) in [6, 6.07) is 4.54. The summed E-state index contributed by atoms with van der Waals surface area (Å²) >= 11 is 0. The third kappa shape index (κ3) is 2.66. The summed E-state index contributed by atoms with van der Waals surface area (Å²) in [5.74, 6) is 1.65. The maximum atomic E-state index is 5.74. The molecular formula is C15H21NO2. The van der Waals surface area contributed by atoms with Crippen molar-refractivity contribution < 1.29 is 9.47 Å². The maximum Gasteiger partial charge on any atom is 0.161 e. The molecule has 0 spiro atoms. The second-order valence-electron chi connectivity index (χ2n) is 4.59. The molecule has 3 heteroatoms. The van der Waals surface area contributed by atoms with Crippen molar-refractivity contribution in [2.45, 2.75) is 39.2 Å². The molecule has 0 radical (unpaired) electrons. The average Bonchev–Trinajstić information content (AvgIpc) is 2.43. The van der Waals surface area contributed by atoms with Crippen LogP contribution in [0.4, 0.5) is 0 Å². The molecule has 1 atom stereocenters. The molecule has 0 fully saturated rings. The zero-order valence-corrected chi connectivity index (χ0v) is 11.4. The van der Waals surface area contributed by atoms with E-state index in [-0.39, 0.29) is 0 Å². The molecule has 0 aromatic heterocycles. The van der Waals surface area contributed by atoms with Gasteiger partial charge in [-0.2, -0.15) is 0 Å². The molecule has 0 unspecified atom stereocenters. The van der Waals surface area contributed by atoms with E-state index in [9.17, 15) is 0 Å². The first-order valence-electron chi connectivity index (χ1n) is 6.65. The van der Waals surface area contributed by atoms with Crippen LogP contribution in [0.25, 0.3) is 0 Å². The third-order valence-electron chi connectivity index (χ3n) is 3.24. The Hall–Kier alpha value is -1.51. The van der Waals surface area contributed by atoms with Gasteiger partial charge in [0.25, 0.3) is 0 Å². The van der Waals surface area contributed by atoms with Gasteiger partial charge in [0.2, 0.25) is 0 Å². The van der Waals surface area contributed by atoms with Gasteiger partial charge in [-0.1, -0.05) is 13.8 Å². The minimum absolute atomic E-state index is 0.407. The van der Waals surface area contributed by atoms with E-state index in [2.05, 4.69) is 24.9 Å². The summed E-state index contributed by atoms with van der Waals surface area (Å²) in [5.41, 5.74) is 2.46. The van der Waals surface area contributed by atoms with Crippen LogP contribution in [0, 0.1) is 0 Å². The van der Waals surface area contributed by atoms with Crippen molar-refractivity contribution in [3.05, 3.63) is 23.3 Å². The summed E-state index contributed by atoms with van der Waals surface area (Å²) in [6.45, 7) is 5.00. The van der Waals surface area contributed by atoms with E-state index in [4.69, 9.17) is 9.47 Å². The SMILES string of the molecule is CCCOc1cc2c(cc1OC)C=N[C@@H](CC)C2. The van der Waals surface area contributed by atoms with Gasteiger partial charge in [0, 0.05) is 6.21 Å². The highest BCUT2D eigenvalue weighted by molar-refractivity contribution is 5.84. The van der Waals surface area contributed by atoms with E-state index in [1.165, 1.54) is 5.56 Å². The lowest BCUT2D eigenvalue weighted by Crippen LogP contribution is -2.14. The number of aliphatic imine (C=N–C) groups is 1. The van der Waals surface area contributed by atoms with Crippen LogP contribution >= 0.6 is 0 Å². The lowest BCUT2D eigenvalue weighted by Gasteiger charge is -2.20. The Morgan fingerprint density at radius 2 is 2.11 bits per heavy atom. The Morgan fingerprint density at radius 3 is 2.78 bits per heavy atom. The Labute approximate surface area is 109 Å². The number of fused-ring (bicyclic) bond motifs is 1. The van der Waals surface area contributed by atoms with Gasteiger partial charge < -0.3 is 9.47 Å². The van der Waals surface area contributed by atoms with Gasteiger partial charge in [-0.15, -0.1) is 0 Å². The van der Waals surface area contributed by atoms with Crippen LogP contribution in [0.15, 0.2) is 17.1 Å². The average molecular weight is 247 g/mol. The van der Waals surface area contributed by atoms with Gasteiger partial charge in [0.05, 0.1) is 19.8 Å². The molecule has 0 saturated carbocycles. The first-order chi connectivity index (χ1) is 8.78. The fourth-order valence-electron chi connectivity index (χ4n) is 2.14. The lowest BCUT2D eigenvalue weighted by atomic mass is 9.96. The van der Waals surface area contributed by atoms with Gasteiger partial charge in [0.15, 0.2) is 11.5 Å². The molecule has 3 nitrogen and oxygen atoms in total. The van der Waals surface area contributed by atoms with Crippen LogP contribution in [0.2, 0.25) is 0 Å². The van der Waals surface area contributed by atoms with Gasteiger partial charge in [-0.05, 0) is 42.5 Å². The summed E-state index contributed by atoms with van der Waals surface area (Å²) in [7, 11) is 1.68. The maximum absolute atomic E-state index is 5.74. The molecule has 0 N–H and O–H groups in total. The number of benzene rings is 1. The molecule has 1 aromatic carbocycles. The van der Waals surface area contributed by atoms with Crippen molar-refractivity contribution in [3.63, 3.8) is 0 Å². The molecule has 1 aliphatic rings. The summed E-state index contributed by atoms with van der Waals surface area (Å²) in [4.78, 5) is 4.54. The fraction of sp³-hybridized carbons (Fsp3) is 0.533. The first-order valence-corrected chi connectivity index (χ1v) is 6.65. The molecule has 1 aromatic rings. The van der Waals surface area contributed by atoms with Crippen molar-refractivity contribution in [2.24, 2.45) is 4.99 Å². The molecular weight excluding hydrogens is 226 g/mol. The molecule has 0 amide bonds. The van der Waals surface area contributed by atoms with Crippen molar-refractivity contribution in [1.29, 1.82) is 0 Å². The predicted octanol–water partition coefficient (Wildman–Crippen LogP) is 3.24. The van der Waals surface area contributed by atoms with Gasteiger partial charge in [-0.3, -0.25) is 4.99 Å². The molecule has 0 saturated heterocycles. The van der Waals surface area contributed by atoms with Crippen LogP contribution < -0.4 is 9.47 Å².